The monoisotopic (exact) mass is 534 g/mol. The first-order valence-corrected chi connectivity index (χ1v) is 15.0. The Morgan fingerprint density at radius 2 is 1.92 bits per heavy atom. The van der Waals surface area contributed by atoms with Crippen molar-refractivity contribution in [3.63, 3.8) is 0 Å². The van der Waals surface area contributed by atoms with Gasteiger partial charge in [-0.15, -0.1) is 0 Å². The Labute approximate surface area is 179 Å². The number of hydrogen-bond donors (Lipinski definition) is 0. The van der Waals surface area contributed by atoms with E-state index in [0.717, 1.165) is 6.42 Å². The molecule has 124 valence electrons. The predicted molar refractivity (Wildman–Crippen MR) is 100 cm³/mol. The van der Waals surface area contributed by atoms with Crippen molar-refractivity contribution in [2.75, 3.05) is 0 Å². The number of allylic oxidation sites excluding steroid dienone is 5. The van der Waals surface area contributed by atoms with Crippen LogP contribution in [0, 0.1) is 0 Å². The van der Waals surface area contributed by atoms with Crippen LogP contribution in [0.3, 0.4) is 0 Å². The molecule has 0 saturated carbocycles. The molecular formula is C18H15BrCl2S2Zr. The molecule has 4 rings (SSSR count). The average Bonchev–Trinajstić information content (AvgIpc) is 3.07. The van der Waals surface area contributed by atoms with Gasteiger partial charge in [-0.05, 0) is 0 Å². The summed E-state index contributed by atoms with van der Waals surface area (Å²) < 4.78 is 3.41. The summed E-state index contributed by atoms with van der Waals surface area (Å²) in [7, 11) is 6.19. The van der Waals surface area contributed by atoms with E-state index < -0.39 is 19.7 Å². The van der Waals surface area contributed by atoms with E-state index in [1.165, 1.54) is 39.3 Å². The first-order valence-electron chi connectivity index (χ1n) is 7.33. The maximum Gasteiger partial charge on any atom is -1.00 e. The first-order chi connectivity index (χ1) is 10.5. The fourth-order valence-electron chi connectivity index (χ4n) is 3.33. The molecule has 2 aliphatic carbocycles. The van der Waals surface area contributed by atoms with Crippen molar-refractivity contribution in [1.82, 2.24) is 0 Å². The first kappa shape index (κ1) is 21.0. The second-order valence-electron chi connectivity index (χ2n) is 6.03. The van der Waals surface area contributed by atoms with Gasteiger partial charge in [0.2, 0.25) is 0 Å². The molecule has 0 bridgehead atoms. The fourth-order valence-corrected chi connectivity index (χ4v) is 15.8. The van der Waals surface area contributed by atoms with Crippen molar-refractivity contribution in [1.29, 1.82) is 0 Å². The minimum absolute atomic E-state index is 0. The molecule has 0 spiro atoms. The van der Waals surface area contributed by atoms with Gasteiger partial charge >= 0.3 is 156 Å². The fraction of sp³-hybridized carbons (Fsp3) is 0.222. The number of rotatable bonds is 2. The van der Waals surface area contributed by atoms with Crippen LogP contribution in [0.25, 0.3) is 6.08 Å². The van der Waals surface area contributed by atoms with Crippen LogP contribution in [0.5, 0.6) is 0 Å². The summed E-state index contributed by atoms with van der Waals surface area (Å²) in [5.74, 6) is 0. The molecule has 0 radical (unpaired) electrons. The molecule has 1 aromatic carbocycles. The summed E-state index contributed by atoms with van der Waals surface area (Å²) >= 11 is 3.55. The molecule has 1 aromatic rings. The Morgan fingerprint density at radius 3 is 2.67 bits per heavy atom. The second kappa shape index (κ2) is 8.15. The van der Waals surface area contributed by atoms with Gasteiger partial charge in [-0.3, -0.25) is 0 Å². The molecule has 0 aromatic heterocycles. The van der Waals surface area contributed by atoms with Crippen molar-refractivity contribution in [2.24, 2.45) is 0 Å². The van der Waals surface area contributed by atoms with Gasteiger partial charge in [0.05, 0.1) is 0 Å². The van der Waals surface area contributed by atoms with Gasteiger partial charge in [-0.1, -0.05) is 0 Å². The van der Waals surface area contributed by atoms with Gasteiger partial charge < -0.3 is 24.8 Å². The maximum absolute atomic E-state index is 6.19. The van der Waals surface area contributed by atoms with Crippen LogP contribution in [-0.4, -0.2) is 4.16 Å². The molecule has 0 saturated heterocycles. The van der Waals surface area contributed by atoms with Gasteiger partial charge in [-0.25, -0.2) is 0 Å². The summed E-state index contributed by atoms with van der Waals surface area (Å²) in [6.45, 7) is 4.40. The molecule has 0 amide bonds. The van der Waals surface area contributed by atoms with Crippen LogP contribution in [0.15, 0.2) is 55.3 Å². The summed E-state index contributed by atoms with van der Waals surface area (Å²) in [5, 5.41) is 0. The summed E-state index contributed by atoms with van der Waals surface area (Å²) in [4.78, 5) is 1.41. The van der Waals surface area contributed by atoms with Gasteiger partial charge in [0.25, 0.3) is 0 Å². The van der Waals surface area contributed by atoms with Crippen LogP contribution in [0.4, 0.5) is 0 Å². The Kier molecular flexibility index (Phi) is 7.13. The topological polar surface area (TPSA) is 0 Å². The SMILES string of the molecule is CC1=CC2=[C]([Zr+2](=[S])[c]3cccc4c3C=C(C)C4)C(Br)SC2=C1.[Cl-].[Cl-]. The van der Waals surface area contributed by atoms with Crippen LogP contribution in [0.1, 0.15) is 25.0 Å². The van der Waals surface area contributed by atoms with Crippen molar-refractivity contribution in [3.8, 4) is 0 Å². The second-order valence-corrected chi connectivity index (χ2v) is 15.4. The van der Waals surface area contributed by atoms with Crippen LogP contribution in [0.2, 0.25) is 0 Å². The molecule has 1 heterocycles. The Morgan fingerprint density at radius 1 is 1.17 bits per heavy atom. The van der Waals surface area contributed by atoms with E-state index >= 15 is 0 Å². The zero-order valence-electron chi connectivity index (χ0n) is 13.2. The Hall–Kier alpha value is 0.693. The van der Waals surface area contributed by atoms with E-state index in [4.69, 9.17) is 8.86 Å². The third-order valence-electron chi connectivity index (χ3n) is 4.29. The summed E-state index contributed by atoms with van der Waals surface area (Å²) in [6, 6.07) is 6.76. The minimum atomic E-state index is -2.25. The molecule has 0 nitrogen and oxygen atoms in total. The summed E-state index contributed by atoms with van der Waals surface area (Å²) in [5.41, 5.74) is 7.16. The van der Waals surface area contributed by atoms with Crippen molar-refractivity contribution < 1.29 is 44.5 Å². The zero-order chi connectivity index (χ0) is 15.4. The smallest absolute Gasteiger partial charge is 1.00 e. The molecule has 1 aliphatic heterocycles. The average molecular weight is 537 g/mol. The standard InChI is InChI=1S/C10H9.C8H6BrS.2ClH.S.Zr/c1-8-6-9-4-2-3-5-10(9)7-8;1-5-2-6-4-8(9)10-7(6)3-5;;;;/h2-4,7H,6H2,1H3;2-3,8H,1H3;2*1H;;/q;;;;;+2/p-2. The summed E-state index contributed by atoms with van der Waals surface area (Å²) in [6.07, 6.45) is 8.08. The maximum atomic E-state index is 6.19. The number of fused-ring (bicyclic) bond motifs is 2. The number of thioether (sulfide) groups is 1. The van der Waals surface area contributed by atoms with Crippen molar-refractivity contribution in [2.45, 2.75) is 24.4 Å². The Balaban J connectivity index is 0.00000104. The van der Waals surface area contributed by atoms with E-state index in [1.54, 1.807) is 0 Å². The predicted octanol–water partition coefficient (Wildman–Crippen LogP) is -0.424. The molecule has 0 fully saturated rings. The number of halogens is 3. The van der Waals surface area contributed by atoms with Crippen molar-refractivity contribution >= 4 is 45.9 Å². The van der Waals surface area contributed by atoms with Gasteiger partial charge in [0.15, 0.2) is 0 Å². The van der Waals surface area contributed by atoms with Gasteiger partial charge in [-0.2, -0.15) is 0 Å². The molecule has 0 N–H and O–H groups in total. The van der Waals surface area contributed by atoms with E-state index in [2.05, 4.69) is 66.2 Å². The molecule has 1 atom stereocenters. The number of hydrogen-bond acceptors (Lipinski definition) is 2. The third-order valence-corrected chi connectivity index (χ3v) is 15.3. The number of alkyl halides is 1. The third kappa shape index (κ3) is 3.57. The van der Waals surface area contributed by atoms with Crippen molar-refractivity contribution in [3.05, 3.63) is 66.4 Å². The molecule has 6 heteroatoms. The van der Waals surface area contributed by atoms with E-state index in [-0.39, 0.29) is 24.8 Å². The van der Waals surface area contributed by atoms with Gasteiger partial charge in [0.1, 0.15) is 0 Å². The molecule has 3 aliphatic rings. The zero-order valence-corrected chi connectivity index (χ0v) is 20.4. The molecule has 1 unspecified atom stereocenters. The van der Waals surface area contributed by atoms with E-state index in [9.17, 15) is 0 Å². The van der Waals surface area contributed by atoms with Gasteiger partial charge in [0, 0.05) is 0 Å². The molecular weight excluding hydrogens is 522 g/mol. The van der Waals surface area contributed by atoms with E-state index in [0.29, 0.717) is 4.16 Å². The van der Waals surface area contributed by atoms with Crippen LogP contribution >= 0.6 is 36.5 Å². The van der Waals surface area contributed by atoms with E-state index in [1.807, 2.05) is 11.8 Å². The Bertz CT molecular complexity index is 853. The molecule has 24 heavy (non-hydrogen) atoms. The van der Waals surface area contributed by atoms with Crippen LogP contribution in [-0.2, 0) is 26.1 Å². The number of benzene rings is 1. The van der Waals surface area contributed by atoms with Crippen LogP contribution < -0.4 is 28.1 Å². The normalized spacial score (nSPS) is 20.1. The minimum Gasteiger partial charge on any atom is -1.00 e. The largest absolute Gasteiger partial charge is 1.00 e. The quantitative estimate of drug-likeness (QED) is 0.471.